The van der Waals surface area contributed by atoms with Gasteiger partial charge < -0.3 is 25.2 Å². The quantitative estimate of drug-likeness (QED) is 0.430. The molecule has 0 spiro atoms. The van der Waals surface area contributed by atoms with Crippen molar-refractivity contribution in [2.75, 3.05) is 0 Å². The highest BCUT2D eigenvalue weighted by Crippen LogP contribution is 2.26. The van der Waals surface area contributed by atoms with E-state index in [1.807, 2.05) is 69.3 Å². The summed E-state index contributed by atoms with van der Waals surface area (Å²) in [5, 5.41) is 16.1. The molecular weight excluding hydrogens is 444 g/mol. The third-order valence-corrected chi connectivity index (χ3v) is 6.31. The summed E-state index contributed by atoms with van der Waals surface area (Å²) in [5.74, 6) is 0.417. The maximum absolute atomic E-state index is 12.0. The van der Waals surface area contributed by atoms with Crippen LogP contribution in [0.15, 0.2) is 60.2 Å². The van der Waals surface area contributed by atoms with E-state index in [1.165, 1.54) is 6.92 Å². The van der Waals surface area contributed by atoms with Gasteiger partial charge in [-0.2, -0.15) is 0 Å². The monoisotopic (exact) mass is 480 g/mol. The van der Waals surface area contributed by atoms with Crippen LogP contribution in [0, 0.1) is 6.92 Å². The van der Waals surface area contributed by atoms with Crippen LogP contribution in [0.1, 0.15) is 51.2 Å². The van der Waals surface area contributed by atoms with Crippen LogP contribution in [-0.4, -0.2) is 41.3 Å². The SMILES string of the molecule is CCC(CC)O[C@@H]1C=C(C(=O)O)C[C@H](NCc2ccc(Oc3ccccc3C)cc2)[C@H]1NC(C)=O. The Labute approximate surface area is 207 Å². The highest BCUT2D eigenvalue weighted by Gasteiger charge is 2.37. The molecular formula is C28H36N2O5. The first kappa shape index (κ1) is 26.4. The number of hydrogen-bond acceptors (Lipinski definition) is 5. The fourth-order valence-corrected chi connectivity index (χ4v) is 4.29. The van der Waals surface area contributed by atoms with Crippen LogP contribution in [0.2, 0.25) is 0 Å². The molecule has 188 valence electrons. The van der Waals surface area contributed by atoms with Gasteiger partial charge in [-0.1, -0.05) is 44.2 Å². The average molecular weight is 481 g/mol. The zero-order chi connectivity index (χ0) is 25.4. The Balaban J connectivity index is 1.72. The van der Waals surface area contributed by atoms with E-state index < -0.39 is 12.1 Å². The predicted molar refractivity (Wildman–Crippen MR) is 136 cm³/mol. The third-order valence-electron chi connectivity index (χ3n) is 6.31. The normalized spacial score (nSPS) is 19.8. The fraction of sp³-hybridized carbons (Fsp3) is 0.429. The van der Waals surface area contributed by atoms with E-state index in [0.717, 1.165) is 35.5 Å². The van der Waals surface area contributed by atoms with Crippen LogP contribution in [0.4, 0.5) is 0 Å². The molecule has 1 aliphatic carbocycles. The molecule has 3 atom stereocenters. The first-order chi connectivity index (χ1) is 16.8. The zero-order valence-electron chi connectivity index (χ0n) is 20.9. The second kappa shape index (κ2) is 12.5. The lowest BCUT2D eigenvalue weighted by atomic mass is 9.87. The van der Waals surface area contributed by atoms with Crippen LogP contribution in [-0.2, 0) is 20.9 Å². The minimum absolute atomic E-state index is 0.0119. The van der Waals surface area contributed by atoms with E-state index in [4.69, 9.17) is 9.47 Å². The van der Waals surface area contributed by atoms with E-state index in [9.17, 15) is 14.7 Å². The van der Waals surface area contributed by atoms with Gasteiger partial charge in [-0.3, -0.25) is 4.79 Å². The number of para-hydroxylation sites is 1. The van der Waals surface area contributed by atoms with Crippen LogP contribution < -0.4 is 15.4 Å². The van der Waals surface area contributed by atoms with E-state index in [1.54, 1.807) is 6.08 Å². The number of ether oxygens (including phenoxy) is 2. The van der Waals surface area contributed by atoms with E-state index in [2.05, 4.69) is 10.6 Å². The first-order valence-corrected chi connectivity index (χ1v) is 12.2. The minimum atomic E-state index is -0.964. The smallest absolute Gasteiger partial charge is 0.331 e. The number of nitrogens with one attached hydrogen (secondary N) is 2. The molecule has 0 unspecified atom stereocenters. The summed E-state index contributed by atoms with van der Waals surface area (Å²) in [4.78, 5) is 23.8. The molecule has 1 amide bonds. The van der Waals surface area contributed by atoms with E-state index >= 15 is 0 Å². The molecule has 7 nitrogen and oxygen atoms in total. The number of hydrogen-bond donors (Lipinski definition) is 3. The summed E-state index contributed by atoms with van der Waals surface area (Å²) in [5.41, 5.74) is 2.38. The molecule has 0 aliphatic heterocycles. The van der Waals surface area contributed by atoms with Crippen molar-refractivity contribution in [3.8, 4) is 11.5 Å². The Kier molecular flexibility index (Phi) is 9.46. The Hall–Kier alpha value is -3.16. The fourth-order valence-electron chi connectivity index (χ4n) is 4.29. The molecule has 7 heteroatoms. The van der Waals surface area contributed by atoms with Gasteiger partial charge in [0.15, 0.2) is 0 Å². The lowest BCUT2D eigenvalue weighted by Crippen LogP contribution is -2.58. The molecule has 2 aromatic carbocycles. The summed E-state index contributed by atoms with van der Waals surface area (Å²) in [6.45, 7) is 8.05. The number of carboxylic acids is 1. The van der Waals surface area contributed by atoms with E-state index in [-0.39, 0.29) is 30.5 Å². The largest absolute Gasteiger partial charge is 0.478 e. The van der Waals surface area contributed by atoms with Crippen molar-refractivity contribution in [1.82, 2.24) is 10.6 Å². The predicted octanol–water partition coefficient (Wildman–Crippen LogP) is 4.74. The van der Waals surface area contributed by atoms with Crippen LogP contribution >= 0.6 is 0 Å². The lowest BCUT2D eigenvalue weighted by molar-refractivity contribution is -0.133. The minimum Gasteiger partial charge on any atom is -0.478 e. The van der Waals surface area contributed by atoms with Gasteiger partial charge in [0.25, 0.3) is 0 Å². The van der Waals surface area contributed by atoms with Crippen molar-refractivity contribution < 1.29 is 24.2 Å². The van der Waals surface area contributed by atoms with Crippen molar-refractivity contribution >= 4 is 11.9 Å². The van der Waals surface area contributed by atoms with Crippen molar-refractivity contribution in [2.24, 2.45) is 0 Å². The summed E-state index contributed by atoms with van der Waals surface area (Å²) >= 11 is 0. The zero-order valence-corrected chi connectivity index (χ0v) is 20.9. The van der Waals surface area contributed by atoms with Crippen LogP contribution in [0.25, 0.3) is 0 Å². The molecule has 0 heterocycles. The number of rotatable bonds is 11. The van der Waals surface area contributed by atoms with Gasteiger partial charge in [-0.05, 0) is 61.6 Å². The average Bonchev–Trinajstić information content (AvgIpc) is 2.84. The first-order valence-electron chi connectivity index (χ1n) is 12.2. The van der Waals surface area contributed by atoms with Gasteiger partial charge in [0, 0.05) is 25.1 Å². The van der Waals surface area contributed by atoms with Crippen molar-refractivity contribution in [3.05, 3.63) is 71.3 Å². The Morgan fingerprint density at radius 3 is 2.37 bits per heavy atom. The van der Waals surface area contributed by atoms with Gasteiger partial charge >= 0.3 is 5.97 Å². The number of carboxylic acid groups (broad SMARTS) is 1. The van der Waals surface area contributed by atoms with E-state index in [0.29, 0.717) is 12.1 Å². The molecule has 0 saturated carbocycles. The molecule has 0 saturated heterocycles. The Morgan fingerprint density at radius 1 is 1.09 bits per heavy atom. The van der Waals surface area contributed by atoms with Gasteiger partial charge in [0.05, 0.1) is 18.2 Å². The second-order valence-electron chi connectivity index (χ2n) is 8.97. The number of carbonyl (C=O) groups is 2. The third kappa shape index (κ3) is 7.41. The van der Waals surface area contributed by atoms with Crippen molar-refractivity contribution in [3.63, 3.8) is 0 Å². The molecule has 3 N–H and O–H groups in total. The van der Waals surface area contributed by atoms with Crippen molar-refractivity contribution in [2.45, 2.75) is 77.8 Å². The highest BCUT2D eigenvalue weighted by atomic mass is 16.5. The summed E-state index contributed by atoms with van der Waals surface area (Å²) < 4.78 is 12.2. The lowest BCUT2D eigenvalue weighted by Gasteiger charge is -2.38. The maximum Gasteiger partial charge on any atom is 0.331 e. The molecule has 3 rings (SSSR count). The summed E-state index contributed by atoms with van der Waals surface area (Å²) in [6.07, 6.45) is 3.03. The van der Waals surface area contributed by atoms with Gasteiger partial charge in [-0.15, -0.1) is 0 Å². The van der Waals surface area contributed by atoms with Gasteiger partial charge in [0.2, 0.25) is 5.91 Å². The maximum atomic E-state index is 12.0. The number of aryl methyl sites for hydroxylation is 1. The number of carbonyl (C=O) groups excluding carboxylic acids is 1. The van der Waals surface area contributed by atoms with Gasteiger partial charge in [-0.25, -0.2) is 4.79 Å². The summed E-state index contributed by atoms with van der Waals surface area (Å²) in [7, 11) is 0. The standard InChI is InChI=1S/C28H36N2O5/c1-5-22(6-2)34-26-16-21(28(32)33)15-24(27(26)30-19(4)31)29-17-20-11-13-23(14-12-20)35-25-10-8-7-9-18(25)3/h7-14,16,22,24,26-27,29H,5-6,15,17H2,1-4H3,(H,30,31)(H,32,33)/t24-,26+,27+/m0/s1. The van der Waals surface area contributed by atoms with Crippen molar-refractivity contribution in [1.29, 1.82) is 0 Å². The summed E-state index contributed by atoms with van der Waals surface area (Å²) in [6, 6.07) is 15.0. The van der Waals surface area contributed by atoms with Crippen LogP contribution in [0.3, 0.4) is 0 Å². The van der Waals surface area contributed by atoms with Crippen LogP contribution in [0.5, 0.6) is 11.5 Å². The molecule has 0 aromatic heterocycles. The molecule has 1 aliphatic rings. The second-order valence-corrected chi connectivity index (χ2v) is 8.97. The highest BCUT2D eigenvalue weighted by molar-refractivity contribution is 5.87. The number of amides is 1. The molecule has 0 fully saturated rings. The Bertz CT molecular complexity index is 1030. The Morgan fingerprint density at radius 2 is 1.77 bits per heavy atom. The number of benzene rings is 2. The topological polar surface area (TPSA) is 96.9 Å². The number of aliphatic carboxylic acids is 1. The molecule has 2 aromatic rings. The molecule has 0 bridgehead atoms. The molecule has 35 heavy (non-hydrogen) atoms. The van der Waals surface area contributed by atoms with Gasteiger partial charge in [0.1, 0.15) is 11.5 Å². The molecule has 0 radical (unpaired) electrons.